The molecule has 0 saturated heterocycles. The van der Waals surface area contributed by atoms with E-state index in [1.54, 1.807) is 6.20 Å². The van der Waals surface area contributed by atoms with Crippen LogP contribution < -0.4 is 5.32 Å². The first kappa shape index (κ1) is 15.0. The summed E-state index contributed by atoms with van der Waals surface area (Å²) in [7, 11) is 0. The fourth-order valence-corrected chi connectivity index (χ4v) is 2.41. The molecule has 1 N–H and O–H groups in total. The second-order valence-electron chi connectivity index (χ2n) is 4.40. The molecular weight excluding hydrogens is 297 g/mol. The molecule has 1 heterocycles. The van der Waals surface area contributed by atoms with Gasteiger partial charge in [0, 0.05) is 35.7 Å². The highest BCUT2D eigenvalue weighted by molar-refractivity contribution is 7.09. The van der Waals surface area contributed by atoms with Gasteiger partial charge in [0.25, 0.3) is 5.91 Å². The number of hydrogen-bond acceptors (Lipinski definition) is 5. The SMILES string of the molecule is CC(CNC(=O)c1ccc(F)c([N+](=O)[O-])c1)c1nccs1. The van der Waals surface area contributed by atoms with Crippen LogP contribution in [0.25, 0.3) is 0 Å². The van der Waals surface area contributed by atoms with Crippen LogP contribution in [0.1, 0.15) is 28.2 Å². The number of rotatable bonds is 5. The van der Waals surface area contributed by atoms with Crippen LogP contribution in [0.2, 0.25) is 0 Å². The van der Waals surface area contributed by atoms with E-state index in [4.69, 9.17) is 0 Å². The smallest absolute Gasteiger partial charge is 0.305 e. The molecule has 0 spiro atoms. The lowest BCUT2D eigenvalue weighted by molar-refractivity contribution is -0.387. The minimum absolute atomic E-state index is 0.0318. The third-order valence-electron chi connectivity index (χ3n) is 2.85. The fourth-order valence-electron chi connectivity index (χ4n) is 1.71. The maximum Gasteiger partial charge on any atom is 0.305 e. The van der Waals surface area contributed by atoms with Crippen molar-refractivity contribution in [3.8, 4) is 0 Å². The molecule has 1 unspecified atom stereocenters. The van der Waals surface area contributed by atoms with Gasteiger partial charge >= 0.3 is 5.69 Å². The maximum atomic E-state index is 13.2. The van der Waals surface area contributed by atoms with E-state index in [2.05, 4.69) is 10.3 Å². The molecule has 1 amide bonds. The van der Waals surface area contributed by atoms with Crippen molar-refractivity contribution in [2.24, 2.45) is 0 Å². The summed E-state index contributed by atoms with van der Waals surface area (Å²) in [6, 6.07) is 3.06. The van der Waals surface area contributed by atoms with Gasteiger partial charge < -0.3 is 5.32 Å². The molecule has 110 valence electrons. The summed E-state index contributed by atoms with van der Waals surface area (Å²) in [5.74, 6) is -1.42. The number of thiazole rings is 1. The van der Waals surface area contributed by atoms with E-state index in [0.29, 0.717) is 6.54 Å². The number of nitrogens with one attached hydrogen (secondary N) is 1. The normalized spacial score (nSPS) is 11.9. The van der Waals surface area contributed by atoms with Crippen molar-refractivity contribution in [2.75, 3.05) is 6.54 Å². The minimum atomic E-state index is -0.965. The molecule has 0 aliphatic carbocycles. The minimum Gasteiger partial charge on any atom is -0.351 e. The Hall–Kier alpha value is -2.35. The Morgan fingerprint density at radius 3 is 2.95 bits per heavy atom. The lowest BCUT2D eigenvalue weighted by Crippen LogP contribution is -2.27. The Labute approximate surface area is 123 Å². The summed E-state index contributed by atoms with van der Waals surface area (Å²) < 4.78 is 13.2. The Morgan fingerprint density at radius 1 is 1.57 bits per heavy atom. The quantitative estimate of drug-likeness (QED) is 0.679. The monoisotopic (exact) mass is 309 g/mol. The van der Waals surface area contributed by atoms with E-state index in [0.717, 1.165) is 17.1 Å². The molecule has 0 aliphatic heterocycles. The van der Waals surface area contributed by atoms with E-state index in [1.165, 1.54) is 17.4 Å². The van der Waals surface area contributed by atoms with Crippen LogP contribution in [0, 0.1) is 15.9 Å². The molecule has 0 saturated carbocycles. The molecule has 1 aromatic heterocycles. The molecule has 0 bridgehead atoms. The summed E-state index contributed by atoms with van der Waals surface area (Å²) in [4.78, 5) is 25.9. The first-order valence-electron chi connectivity index (χ1n) is 6.10. The van der Waals surface area contributed by atoms with Gasteiger partial charge in [-0.05, 0) is 12.1 Å². The van der Waals surface area contributed by atoms with Crippen LogP contribution >= 0.6 is 11.3 Å². The Kier molecular flexibility index (Phi) is 4.59. The second-order valence-corrected chi connectivity index (χ2v) is 5.33. The van der Waals surface area contributed by atoms with Crippen molar-refractivity contribution in [3.63, 3.8) is 0 Å². The average molecular weight is 309 g/mol. The lowest BCUT2D eigenvalue weighted by Gasteiger charge is -2.10. The van der Waals surface area contributed by atoms with E-state index >= 15 is 0 Å². The molecule has 0 fully saturated rings. The molecule has 6 nitrogen and oxygen atoms in total. The molecule has 0 aliphatic rings. The molecule has 1 aromatic carbocycles. The predicted molar refractivity (Wildman–Crippen MR) is 75.9 cm³/mol. The summed E-state index contributed by atoms with van der Waals surface area (Å²) in [6.07, 6.45) is 1.68. The van der Waals surface area contributed by atoms with E-state index in [9.17, 15) is 19.3 Å². The summed E-state index contributed by atoms with van der Waals surface area (Å²) in [5, 5.41) is 16.0. The number of benzene rings is 1. The Balaban J connectivity index is 2.04. The average Bonchev–Trinajstić information content (AvgIpc) is 2.98. The van der Waals surface area contributed by atoms with Gasteiger partial charge in [-0.3, -0.25) is 14.9 Å². The van der Waals surface area contributed by atoms with E-state index in [-0.39, 0.29) is 11.5 Å². The zero-order chi connectivity index (χ0) is 15.4. The van der Waals surface area contributed by atoms with Crippen LogP contribution in [0.3, 0.4) is 0 Å². The Morgan fingerprint density at radius 2 is 2.33 bits per heavy atom. The first-order valence-corrected chi connectivity index (χ1v) is 6.98. The van der Waals surface area contributed by atoms with Gasteiger partial charge in [-0.25, -0.2) is 4.98 Å². The topological polar surface area (TPSA) is 85.1 Å². The van der Waals surface area contributed by atoms with Gasteiger partial charge in [0.1, 0.15) is 0 Å². The zero-order valence-electron chi connectivity index (χ0n) is 11.1. The molecule has 2 aromatic rings. The van der Waals surface area contributed by atoms with Gasteiger partial charge in [0.15, 0.2) is 0 Å². The molecule has 1 atom stereocenters. The third-order valence-corrected chi connectivity index (χ3v) is 3.85. The van der Waals surface area contributed by atoms with Crippen molar-refractivity contribution >= 4 is 22.9 Å². The largest absolute Gasteiger partial charge is 0.351 e. The number of aromatic nitrogens is 1. The highest BCUT2D eigenvalue weighted by atomic mass is 32.1. The van der Waals surface area contributed by atoms with Crippen molar-refractivity contribution in [1.29, 1.82) is 0 Å². The fraction of sp³-hybridized carbons (Fsp3) is 0.231. The summed E-state index contributed by atoms with van der Waals surface area (Å²) in [6.45, 7) is 2.25. The number of halogens is 1. The van der Waals surface area contributed by atoms with Crippen LogP contribution in [-0.4, -0.2) is 22.4 Å². The van der Waals surface area contributed by atoms with Crippen molar-refractivity contribution in [1.82, 2.24) is 10.3 Å². The second kappa shape index (κ2) is 6.40. The van der Waals surface area contributed by atoms with Gasteiger partial charge in [0.2, 0.25) is 5.82 Å². The van der Waals surface area contributed by atoms with Crippen LogP contribution in [0.15, 0.2) is 29.8 Å². The number of nitrogens with zero attached hydrogens (tertiary/aromatic N) is 2. The number of hydrogen-bond donors (Lipinski definition) is 1. The number of carbonyl (C=O) groups is 1. The highest BCUT2D eigenvalue weighted by Crippen LogP contribution is 2.19. The third kappa shape index (κ3) is 3.60. The molecule has 8 heteroatoms. The predicted octanol–water partition coefficient (Wildman–Crippen LogP) is 2.72. The van der Waals surface area contributed by atoms with Gasteiger partial charge in [-0.1, -0.05) is 6.92 Å². The summed E-state index contributed by atoms with van der Waals surface area (Å²) >= 11 is 1.49. The maximum absolute atomic E-state index is 13.2. The number of amides is 1. The molecular formula is C13H12FN3O3S. The summed E-state index contributed by atoms with van der Waals surface area (Å²) in [5.41, 5.74) is -0.662. The highest BCUT2D eigenvalue weighted by Gasteiger charge is 2.18. The molecule has 0 radical (unpaired) electrons. The van der Waals surface area contributed by atoms with Crippen LogP contribution in [0.5, 0.6) is 0 Å². The first-order chi connectivity index (χ1) is 9.99. The number of nitro benzene ring substituents is 1. The van der Waals surface area contributed by atoms with Gasteiger partial charge in [-0.15, -0.1) is 11.3 Å². The van der Waals surface area contributed by atoms with E-state index in [1.807, 2.05) is 12.3 Å². The Bertz CT molecular complexity index is 661. The zero-order valence-corrected chi connectivity index (χ0v) is 11.9. The van der Waals surface area contributed by atoms with Gasteiger partial charge in [0.05, 0.1) is 9.93 Å². The standard InChI is InChI=1S/C13H12FN3O3S/c1-8(13-15-4-5-21-13)7-16-12(18)9-2-3-10(14)11(6-9)17(19)20/h2-6,8H,7H2,1H3,(H,16,18). The van der Waals surface area contributed by atoms with Crippen LogP contribution in [0.4, 0.5) is 10.1 Å². The van der Waals surface area contributed by atoms with Gasteiger partial charge in [-0.2, -0.15) is 4.39 Å². The number of nitro groups is 1. The van der Waals surface area contributed by atoms with Crippen molar-refractivity contribution in [2.45, 2.75) is 12.8 Å². The van der Waals surface area contributed by atoms with Crippen LogP contribution in [-0.2, 0) is 0 Å². The molecule has 21 heavy (non-hydrogen) atoms. The van der Waals surface area contributed by atoms with Crippen molar-refractivity contribution < 1.29 is 14.1 Å². The van der Waals surface area contributed by atoms with Crippen molar-refractivity contribution in [3.05, 3.63) is 56.3 Å². The molecule has 2 rings (SSSR count). The lowest BCUT2D eigenvalue weighted by atomic mass is 10.1. The number of carbonyl (C=O) groups excluding carboxylic acids is 1. The van der Waals surface area contributed by atoms with E-state index < -0.39 is 22.3 Å².